The van der Waals surface area contributed by atoms with Crippen LogP contribution >= 0.6 is 0 Å². The third-order valence-corrected chi connectivity index (χ3v) is 3.39. The van der Waals surface area contributed by atoms with E-state index in [1.54, 1.807) is 7.11 Å². The molecule has 0 saturated carbocycles. The van der Waals surface area contributed by atoms with Crippen LogP contribution in [0, 0.1) is 13.8 Å². The van der Waals surface area contributed by atoms with Crippen molar-refractivity contribution in [2.24, 2.45) is 10.7 Å². The normalized spacial score (nSPS) is 11.3. The lowest BCUT2D eigenvalue weighted by Crippen LogP contribution is -2.22. The SMILES string of the molecule is COc1ccccc1CN=C(N)Nc1ccc(C)c(C)c1. The fourth-order valence-corrected chi connectivity index (χ4v) is 2.01. The predicted octanol–water partition coefficient (Wildman–Crippen LogP) is 3.24. The van der Waals surface area contributed by atoms with Crippen molar-refractivity contribution >= 4 is 11.6 Å². The summed E-state index contributed by atoms with van der Waals surface area (Å²) in [7, 11) is 1.65. The van der Waals surface area contributed by atoms with Gasteiger partial charge in [0.05, 0.1) is 13.7 Å². The van der Waals surface area contributed by atoms with Gasteiger partial charge in [0.15, 0.2) is 5.96 Å². The van der Waals surface area contributed by atoms with Gasteiger partial charge in [-0.3, -0.25) is 0 Å². The van der Waals surface area contributed by atoms with Crippen molar-refractivity contribution in [2.45, 2.75) is 20.4 Å². The van der Waals surface area contributed by atoms with Gasteiger partial charge >= 0.3 is 0 Å². The summed E-state index contributed by atoms with van der Waals surface area (Å²) in [6, 6.07) is 13.9. The summed E-state index contributed by atoms with van der Waals surface area (Å²) in [6.07, 6.45) is 0. The van der Waals surface area contributed by atoms with Crippen molar-refractivity contribution < 1.29 is 4.74 Å². The average Bonchev–Trinajstić information content (AvgIpc) is 2.49. The van der Waals surface area contributed by atoms with Crippen molar-refractivity contribution in [2.75, 3.05) is 12.4 Å². The molecule has 0 aliphatic rings. The van der Waals surface area contributed by atoms with Gasteiger partial charge in [0.2, 0.25) is 0 Å². The van der Waals surface area contributed by atoms with E-state index in [2.05, 4.69) is 36.3 Å². The van der Waals surface area contributed by atoms with Crippen LogP contribution in [0.2, 0.25) is 0 Å². The summed E-state index contributed by atoms with van der Waals surface area (Å²) in [5, 5.41) is 3.10. The number of benzene rings is 2. The molecule has 110 valence electrons. The smallest absolute Gasteiger partial charge is 0.193 e. The zero-order valence-corrected chi connectivity index (χ0v) is 12.7. The van der Waals surface area contributed by atoms with Gasteiger partial charge in [-0.25, -0.2) is 4.99 Å². The molecule has 3 N–H and O–H groups in total. The Labute approximate surface area is 125 Å². The molecule has 0 fully saturated rings. The first-order valence-corrected chi connectivity index (χ1v) is 6.86. The topological polar surface area (TPSA) is 59.6 Å². The number of methoxy groups -OCH3 is 1. The lowest BCUT2D eigenvalue weighted by Gasteiger charge is -2.09. The first-order chi connectivity index (χ1) is 10.1. The Morgan fingerprint density at radius 3 is 2.62 bits per heavy atom. The lowest BCUT2D eigenvalue weighted by atomic mass is 10.1. The summed E-state index contributed by atoms with van der Waals surface area (Å²) in [4.78, 5) is 4.35. The number of guanidine groups is 1. The zero-order valence-electron chi connectivity index (χ0n) is 12.7. The molecule has 4 nitrogen and oxygen atoms in total. The monoisotopic (exact) mass is 283 g/mol. The minimum atomic E-state index is 0.393. The van der Waals surface area contributed by atoms with Crippen molar-refractivity contribution in [1.29, 1.82) is 0 Å². The first kappa shape index (κ1) is 14.9. The molecule has 4 heteroatoms. The van der Waals surface area contributed by atoms with Crippen LogP contribution in [0.4, 0.5) is 5.69 Å². The van der Waals surface area contributed by atoms with Crippen LogP contribution in [-0.4, -0.2) is 13.1 Å². The molecule has 0 spiro atoms. The highest BCUT2D eigenvalue weighted by atomic mass is 16.5. The second-order valence-electron chi connectivity index (χ2n) is 4.94. The summed E-state index contributed by atoms with van der Waals surface area (Å²) in [5.74, 6) is 1.21. The molecule has 0 aliphatic heterocycles. The third kappa shape index (κ3) is 3.99. The van der Waals surface area contributed by atoms with Gasteiger partial charge in [-0.1, -0.05) is 24.3 Å². The number of hydrogen-bond donors (Lipinski definition) is 2. The molecular formula is C17H21N3O. The quantitative estimate of drug-likeness (QED) is 0.669. The standard InChI is InChI=1S/C17H21N3O/c1-12-8-9-15(10-13(12)2)20-17(18)19-11-14-6-4-5-7-16(14)21-3/h4-10H,11H2,1-3H3,(H3,18,19,20). The summed E-state index contributed by atoms with van der Waals surface area (Å²) in [6.45, 7) is 4.63. The van der Waals surface area contributed by atoms with Gasteiger partial charge in [0.1, 0.15) is 5.75 Å². The number of nitrogens with zero attached hydrogens (tertiary/aromatic N) is 1. The molecule has 0 bridgehead atoms. The number of rotatable bonds is 4. The maximum Gasteiger partial charge on any atom is 0.193 e. The van der Waals surface area contributed by atoms with E-state index < -0.39 is 0 Å². The van der Waals surface area contributed by atoms with Crippen molar-refractivity contribution in [3.8, 4) is 5.75 Å². The van der Waals surface area contributed by atoms with Crippen molar-refractivity contribution in [1.82, 2.24) is 0 Å². The van der Waals surface area contributed by atoms with Crippen LogP contribution in [-0.2, 0) is 6.54 Å². The van der Waals surface area contributed by atoms with Crippen LogP contribution in [0.15, 0.2) is 47.5 Å². The molecule has 2 aromatic carbocycles. The van der Waals surface area contributed by atoms with E-state index in [1.807, 2.05) is 30.3 Å². The Morgan fingerprint density at radius 2 is 1.90 bits per heavy atom. The molecule has 0 radical (unpaired) electrons. The maximum absolute atomic E-state index is 5.93. The van der Waals surface area contributed by atoms with Crippen LogP contribution in [0.1, 0.15) is 16.7 Å². The van der Waals surface area contributed by atoms with Crippen LogP contribution < -0.4 is 15.8 Å². The molecule has 0 saturated heterocycles. The highest BCUT2D eigenvalue weighted by Gasteiger charge is 2.01. The molecule has 0 heterocycles. The Morgan fingerprint density at radius 1 is 1.14 bits per heavy atom. The largest absolute Gasteiger partial charge is 0.496 e. The molecule has 21 heavy (non-hydrogen) atoms. The number of anilines is 1. The van der Waals surface area contributed by atoms with E-state index in [-0.39, 0.29) is 0 Å². The minimum Gasteiger partial charge on any atom is -0.496 e. The first-order valence-electron chi connectivity index (χ1n) is 6.86. The van der Waals surface area contributed by atoms with E-state index in [0.29, 0.717) is 12.5 Å². The Balaban J connectivity index is 2.05. The zero-order chi connectivity index (χ0) is 15.2. The molecule has 0 unspecified atom stereocenters. The van der Waals surface area contributed by atoms with Crippen molar-refractivity contribution in [3.05, 3.63) is 59.2 Å². The van der Waals surface area contributed by atoms with Gasteiger partial charge in [0, 0.05) is 11.3 Å². The molecule has 0 atom stereocenters. The number of aliphatic imine (C=N–C) groups is 1. The van der Waals surface area contributed by atoms with Crippen LogP contribution in [0.3, 0.4) is 0 Å². The molecular weight excluding hydrogens is 262 g/mol. The third-order valence-electron chi connectivity index (χ3n) is 3.39. The highest BCUT2D eigenvalue weighted by Crippen LogP contribution is 2.18. The second-order valence-corrected chi connectivity index (χ2v) is 4.94. The Hall–Kier alpha value is -2.49. The van der Waals surface area contributed by atoms with Gasteiger partial charge in [-0.05, 0) is 43.2 Å². The van der Waals surface area contributed by atoms with E-state index >= 15 is 0 Å². The Kier molecular flexibility index (Phi) is 4.82. The molecule has 2 aromatic rings. The van der Waals surface area contributed by atoms with E-state index in [0.717, 1.165) is 17.0 Å². The molecule has 0 amide bonds. The summed E-state index contributed by atoms with van der Waals surface area (Å²) in [5.41, 5.74) is 10.4. The number of para-hydroxylation sites is 1. The highest BCUT2D eigenvalue weighted by molar-refractivity contribution is 5.92. The van der Waals surface area contributed by atoms with Crippen LogP contribution in [0.25, 0.3) is 0 Å². The fraction of sp³-hybridized carbons (Fsp3) is 0.235. The predicted molar refractivity (Wildman–Crippen MR) is 87.9 cm³/mol. The van der Waals surface area contributed by atoms with Gasteiger partial charge in [0.25, 0.3) is 0 Å². The van der Waals surface area contributed by atoms with Crippen molar-refractivity contribution in [3.63, 3.8) is 0 Å². The average molecular weight is 283 g/mol. The van der Waals surface area contributed by atoms with Crippen LogP contribution in [0.5, 0.6) is 5.75 Å². The number of hydrogen-bond acceptors (Lipinski definition) is 2. The number of ether oxygens (including phenoxy) is 1. The fourth-order valence-electron chi connectivity index (χ4n) is 2.01. The van der Waals surface area contributed by atoms with Gasteiger partial charge in [-0.2, -0.15) is 0 Å². The number of nitrogens with one attached hydrogen (secondary N) is 1. The van der Waals surface area contributed by atoms with Gasteiger partial charge in [-0.15, -0.1) is 0 Å². The molecule has 0 aliphatic carbocycles. The lowest BCUT2D eigenvalue weighted by molar-refractivity contribution is 0.410. The van der Waals surface area contributed by atoms with E-state index in [1.165, 1.54) is 11.1 Å². The van der Waals surface area contributed by atoms with E-state index in [4.69, 9.17) is 10.5 Å². The number of aryl methyl sites for hydroxylation is 2. The Bertz CT molecular complexity index is 650. The summed E-state index contributed by atoms with van der Waals surface area (Å²) >= 11 is 0. The number of nitrogens with two attached hydrogens (primary N) is 1. The van der Waals surface area contributed by atoms with E-state index in [9.17, 15) is 0 Å². The minimum absolute atomic E-state index is 0.393. The molecule has 0 aromatic heterocycles. The van der Waals surface area contributed by atoms with Gasteiger partial charge < -0.3 is 15.8 Å². The second kappa shape index (κ2) is 6.79. The maximum atomic E-state index is 5.93. The summed E-state index contributed by atoms with van der Waals surface area (Å²) < 4.78 is 5.29. The molecule has 2 rings (SSSR count).